The van der Waals surface area contributed by atoms with Crippen LogP contribution in [0.25, 0.3) is 0 Å². The van der Waals surface area contributed by atoms with E-state index in [1.807, 2.05) is 0 Å². The summed E-state index contributed by atoms with van der Waals surface area (Å²) in [5, 5.41) is 13.1. The monoisotopic (exact) mass is 325 g/mol. The van der Waals surface area contributed by atoms with Crippen LogP contribution in [-0.2, 0) is 19.1 Å². The Morgan fingerprint density at radius 2 is 1.45 bits per heavy atom. The molecule has 0 aromatic heterocycles. The first-order valence-corrected chi connectivity index (χ1v) is 6.72. The molecule has 0 saturated carbocycles. The van der Waals surface area contributed by atoms with Crippen molar-refractivity contribution >= 4 is 18.0 Å². The Balaban J connectivity index is 0. The minimum absolute atomic E-state index is 0. The third-order valence-electron chi connectivity index (χ3n) is 2.03. The Hall–Kier alpha value is -0.790. The summed E-state index contributed by atoms with van der Waals surface area (Å²) >= 11 is 0. The summed E-state index contributed by atoms with van der Waals surface area (Å²) in [6, 6.07) is -1.31. The van der Waals surface area contributed by atoms with E-state index in [0.717, 1.165) is 0 Å². The molecule has 0 aliphatic carbocycles. The summed E-state index contributed by atoms with van der Waals surface area (Å²) < 4.78 is 10.0. The molecule has 0 rings (SSSR count). The third kappa shape index (κ3) is 12.9. The van der Waals surface area contributed by atoms with Gasteiger partial charge in [0.2, 0.25) is 0 Å². The molecule has 0 aliphatic rings. The summed E-state index contributed by atoms with van der Waals surface area (Å²) in [6.07, 6.45) is -1.15. The van der Waals surface area contributed by atoms with E-state index in [9.17, 15) is 19.5 Å². The maximum absolute atomic E-state index is 11.5. The molecule has 0 aromatic rings. The van der Waals surface area contributed by atoms with Gasteiger partial charge in [0.1, 0.15) is 11.2 Å². The second-order valence-corrected chi connectivity index (χ2v) is 6.64. The molecule has 8 heteroatoms. The number of aliphatic carboxylic acids is 1. The van der Waals surface area contributed by atoms with Crippen LogP contribution in [-0.4, -0.2) is 35.3 Å². The van der Waals surface area contributed by atoms with E-state index in [4.69, 9.17) is 9.47 Å². The molecule has 1 unspecified atom stereocenters. The first-order chi connectivity index (χ1) is 9.30. The van der Waals surface area contributed by atoms with Crippen LogP contribution in [0.1, 0.15) is 54.4 Å². The van der Waals surface area contributed by atoms with Crippen LogP contribution < -0.4 is 40.0 Å². The Bertz CT molecular complexity index is 397. The zero-order valence-electron chi connectivity index (χ0n) is 14.4. The zero-order valence-corrected chi connectivity index (χ0v) is 16.4. The van der Waals surface area contributed by atoms with Gasteiger partial charge in [0.25, 0.3) is 0 Å². The van der Waals surface area contributed by atoms with Crippen LogP contribution in [0.2, 0.25) is 0 Å². The van der Waals surface area contributed by atoms with Crippen molar-refractivity contribution in [1.82, 2.24) is 5.32 Å². The van der Waals surface area contributed by atoms with Gasteiger partial charge in [-0.25, -0.2) is 4.79 Å². The number of alkyl carbamates (subject to hydrolysis) is 1. The average molecular weight is 325 g/mol. The molecule has 0 saturated heterocycles. The largest absolute Gasteiger partial charge is 1.00 e. The molecule has 0 heterocycles. The van der Waals surface area contributed by atoms with Gasteiger partial charge in [0, 0.05) is 6.42 Å². The summed E-state index contributed by atoms with van der Waals surface area (Å²) in [7, 11) is 0. The fourth-order valence-corrected chi connectivity index (χ4v) is 1.35. The van der Waals surface area contributed by atoms with E-state index in [1.54, 1.807) is 41.5 Å². The van der Waals surface area contributed by atoms with Gasteiger partial charge in [-0.1, -0.05) is 0 Å². The fourth-order valence-electron chi connectivity index (χ4n) is 1.35. The SMILES string of the molecule is CC(C)(C)OC(=O)CCC(NC(=O)OC(C)(C)C)C(=O)[O-].[Na+]. The second kappa shape index (κ2) is 9.37. The molecule has 22 heavy (non-hydrogen) atoms. The molecule has 1 N–H and O–H groups in total. The molecule has 1 amide bonds. The zero-order chi connectivity index (χ0) is 16.8. The van der Waals surface area contributed by atoms with Gasteiger partial charge >= 0.3 is 41.6 Å². The fraction of sp³-hybridized carbons (Fsp3) is 0.786. The van der Waals surface area contributed by atoms with Gasteiger partial charge in [-0.3, -0.25) is 4.79 Å². The predicted molar refractivity (Wildman–Crippen MR) is 73.2 cm³/mol. The number of rotatable bonds is 5. The normalized spacial score (nSPS) is 12.6. The van der Waals surface area contributed by atoms with E-state index in [1.165, 1.54) is 0 Å². The summed E-state index contributed by atoms with van der Waals surface area (Å²) in [5.41, 5.74) is -1.39. The topological polar surface area (TPSA) is 105 Å². The van der Waals surface area contributed by atoms with Crippen LogP contribution in [0.4, 0.5) is 4.79 Å². The Morgan fingerprint density at radius 3 is 1.82 bits per heavy atom. The number of carboxylic acids is 1. The number of hydrogen-bond donors (Lipinski definition) is 1. The van der Waals surface area contributed by atoms with Gasteiger partial charge in [0.05, 0.1) is 12.0 Å². The number of nitrogens with one attached hydrogen (secondary N) is 1. The number of esters is 1. The van der Waals surface area contributed by atoms with Crippen molar-refractivity contribution in [1.29, 1.82) is 0 Å². The van der Waals surface area contributed by atoms with E-state index in [0.29, 0.717) is 0 Å². The van der Waals surface area contributed by atoms with Crippen LogP contribution in [0.3, 0.4) is 0 Å². The quantitative estimate of drug-likeness (QED) is 0.452. The molecular formula is C14H24NNaO6. The number of amides is 1. The van der Waals surface area contributed by atoms with Crippen molar-refractivity contribution in [3.8, 4) is 0 Å². The summed E-state index contributed by atoms with van der Waals surface area (Å²) in [5.74, 6) is -2.02. The van der Waals surface area contributed by atoms with Crippen LogP contribution in [0.5, 0.6) is 0 Å². The van der Waals surface area contributed by atoms with Gasteiger partial charge in [-0.2, -0.15) is 0 Å². The van der Waals surface area contributed by atoms with Crippen LogP contribution >= 0.6 is 0 Å². The van der Waals surface area contributed by atoms with E-state index < -0.39 is 35.3 Å². The molecule has 0 aromatic carbocycles. The number of carbonyl (C=O) groups excluding carboxylic acids is 3. The van der Waals surface area contributed by atoms with E-state index >= 15 is 0 Å². The number of carbonyl (C=O) groups is 3. The van der Waals surface area contributed by atoms with Gasteiger partial charge in [-0.05, 0) is 48.0 Å². The van der Waals surface area contributed by atoms with Crippen LogP contribution in [0.15, 0.2) is 0 Å². The maximum Gasteiger partial charge on any atom is 1.00 e. The van der Waals surface area contributed by atoms with Gasteiger partial charge in [0.15, 0.2) is 0 Å². The van der Waals surface area contributed by atoms with Crippen molar-refractivity contribution in [2.75, 3.05) is 0 Å². The third-order valence-corrected chi connectivity index (χ3v) is 2.03. The summed E-state index contributed by atoms with van der Waals surface area (Å²) in [4.78, 5) is 34.0. The number of hydrogen-bond acceptors (Lipinski definition) is 6. The van der Waals surface area contributed by atoms with Crippen molar-refractivity contribution in [2.24, 2.45) is 0 Å². The van der Waals surface area contributed by atoms with Crippen molar-refractivity contribution in [3.63, 3.8) is 0 Å². The Labute approximate surface area is 153 Å². The van der Waals surface area contributed by atoms with Crippen molar-refractivity contribution < 1.29 is 58.5 Å². The molecule has 0 radical (unpaired) electrons. The summed E-state index contributed by atoms with van der Waals surface area (Å²) in [6.45, 7) is 10.1. The molecule has 0 spiro atoms. The molecule has 122 valence electrons. The Morgan fingerprint density at radius 1 is 1.00 bits per heavy atom. The van der Waals surface area contributed by atoms with Crippen molar-refractivity contribution in [3.05, 3.63) is 0 Å². The minimum atomic E-state index is -1.48. The standard InChI is InChI=1S/C14H25NO6.Na/c1-13(2,3)20-10(16)8-7-9(11(17)18)15-12(19)21-14(4,5)6;/h9H,7-8H2,1-6H3,(H,15,19)(H,17,18);/q;+1/p-1. The number of carboxylic acid groups (broad SMARTS) is 1. The first kappa shape index (κ1) is 23.5. The van der Waals surface area contributed by atoms with Gasteiger partial charge in [-0.15, -0.1) is 0 Å². The maximum atomic E-state index is 11.5. The molecule has 0 aliphatic heterocycles. The van der Waals surface area contributed by atoms with Gasteiger partial charge < -0.3 is 24.7 Å². The molecule has 0 fully saturated rings. The number of ether oxygens (including phenoxy) is 2. The first-order valence-electron chi connectivity index (χ1n) is 6.72. The second-order valence-electron chi connectivity index (χ2n) is 6.64. The smallest absolute Gasteiger partial charge is 0.548 e. The molecule has 0 bridgehead atoms. The molecular weight excluding hydrogens is 301 g/mol. The van der Waals surface area contributed by atoms with Crippen molar-refractivity contribution in [2.45, 2.75) is 71.6 Å². The predicted octanol–water partition coefficient (Wildman–Crippen LogP) is -2.24. The Kier molecular flexibility index (Phi) is 10.0. The molecule has 7 nitrogen and oxygen atoms in total. The van der Waals surface area contributed by atoms with E-state index in [2.05, 4.69) is 5.32 Å². The van der Waals surface area contributed by atoms with Crippen LogP contribution in [0, 0.1) is 0 Å². The molecule has 1 atom stereocenters. The average Bonchev–Trinajstić information content (AvgIpc) is 2.18. The van der Waals surface area contributed by atoms with E-state index in [-0.39, 0.29) is 42.4 Å². The minimum Gasteiger partial charge on any atom is -0.548 e.